The van der Waals surface area contributed by atoms with Gasteiger partial charge in [0.25, 0.3) is 5.91 Å². The summed E-state index contributed by atoms with van der Waals surface area (Å²) in [5.41, 5.74) is 3.16. The summed E-state index contributed by atoms with van der Waals surface area (Å²) in [7, 11) is 0. The van der Waals surface area contributed by atoms with Crippen molar-refractivity contribution >= 4 is 48.5 Å². The number of aromatic nitrogens is 1. The Hall–Kier alpha value is -1.92. The van der Waals surface area contributed by atoms with Gasteiger partial charge < -0.3 is 9.80 Å². The molecule has 4 nitrogen and oxygen atoms in total. The molecular weight excluding hydrogens is 410 g/mol. The Morgan fingerprint density at radius 2 is 1.92 bits per heavy atom. The maximum Gasteiger partial charge on any atom is 0.254 e. The molecule has 1 aliphatic heterocycles. The van der Waals surface area contributed by atoms with Crippen LogP contribution in [0.3, 0.4) is 0 Å². The summed E-state index contributed by atoms with van der Waals surface area (Å²) in [4.78, 5) is 21.8. The first-order valence-corrected chi connectivity index (χ1v) is 10.4. The van der Waals surface area contributed by atoms with Gasteiger partial charge in [0.1, 0.15) is 0 Å². The van der Waals surface area contributed by atoms with Gasteiger partial charge in [0.15, 0.2) is 5.13 Å². The van der Waals surface area contributed by atoms with Gasteiger partial charge in [-0.1, -0.05) is 52.4 Å². The first kappa shape index (κ1) is 17.5. The fraction of sp³-hybridized carbons (Fsp3) is 0.300. The normalized spacial score (nSPS) is 14.8. The highest BCUT2D eigenvalue weighted by atomic mass is 79.9. The lowest BCUT2D eigenvalue weighted by molar-refractivity contribution is 0.0746. The summed E-state index contributed by atoms with van der Waals surface area (Å²) in [6, 6.07) is 14.0. The average molecular weight is 430 g/mol. The molecule has 0 saturated carbocycles. The van der Waals surface area contributed by atoms with Crippen LogP contribution in [-0.4, -0.2) is 42.0 Å². The van der Waals surface area contributed by atoms with Gasteiger partial charge in [-0.25, -0.2) is 4.98 Å². The van der Waals surface area contributed by atoms with Crippen LogP contribution in [0.4, 0.5) is 5.13 Å². The first-order chi connectivity index (χ1) is 12.7. The Balaban J connectivity index is 1.47. The molecule has 4 rings (SSSR count). The van der Waals surface area contributed by atoms with E-state index in [0.29, 0.717) is 0 Å². The van der Waals surface area contributed by atoms with Crippen molar-refractivity contribution in [3.8, 4) is 0 Å². The number of thiazole rings is 1. The van der Waals surface area contributed by atoms with Crippen LogP contribution >= 0.6 is 27.3 Å². The summed E-state index contributed by atoms with van der Waals surface area (Å²) >= 11 is 5.18. The molecule has 0 aliphatic carbocycles. The standard InChI is InChI=1S/C20H20BrN3OS/c1-2-14-5-4-8-17-18(14)22-20(26-17)24-11-9-23(10-12-24)19(25)15-6-3-7-16(21)13-15/h3-8,13H,2,9-12H2,1H3. The van der Waals surface area contributed by atoms with E-state index in [1.807, 2.05) is 29.2 Å². The molecule has 0 N–H and O–H groups in total. The van der Waals surface area contributed by atoms with Crippen LogP contribution in [0.15, 0.2) is 46.9 Å². The van der Waals surface area contributed by atoms with E-state index in [0.717, 1.165) is 53.3 Å². The van der Waals surface area contributed by atoms with Crippen molar-refractivity contribution in [1.82, 2.24) is 9.88 Å². The third kappa shape index (κ3) is 3.35. The van der Waals surface area contributed by atoms with E-state index < -0.39 is 0 Å². The zero-order chi connectivity index (χ0) is 18.1. The minimum absolute atomic E-state index is 0.100. The number of amides is 1. The number of carbonyl (C=O) groups excluding carboxylic acids is 1. The monoisotopic (exact) mass is 429 g/mol. The zero-order valence-electron chi connectivity index (χ0n) is 14.6. The Morgan fingerprint density at radius 3 is 2.65 bits per heavy atom. The van der Waals surface area contributed by atoms with Crippen LogP contribution in [-0.2, 0) is 6.42 Å². The quantitative estimate of drug-likeness (QED) is 0.610. The highest BCUT2D eigenvalue weighted by Crippen LogP contribution is 2.31. The van der Waals surface area contributed by atoms with Gasteiger partial charge in [-0.15, -0.1) is 0 Å². The van der Waals surface area contributed by atoms with E-state index in [-0.39, 0.29) is 5.91 Å². The number of halogens is 1. The van der Waals surface area contributed by atoms with Gasteiger partial charge in [-0.2, -0.15) is 0 Å². The average Bonchev–Trinajstić information content (AvgIpc) is 3.12. The topological polar surface area (TPSA) is 36.4 Å². The van der Waals surface area contributed by atoms with Crippen molar-refractivity contribution in [2.24, 2.45) is 0 Å². The molecule has 2 heterocycles. The number of carbonyl (C=O) groups is 1. The van der Waals surface area contributed by atoms with Crippen molar-refractivity contribution in [3.05, 3.63) is 58.1 Å². The van der Waals surface area contributed by atoms with Crippen LogP contribution in [0.5, 0.6) is 0 Å². The maximum atomic E-state index is 12.7. The van der Waals surface area contributed by atoms with E-state index >= 15 is 0 Å². The van der Waals surface area contributed by atoms with Crippen LogP contribution in [0.25, 0.3) is 10.2 Å². The van der Waals surface area contributed by atoms with Crippen LogP contribution in [0.2, 0.25) is 0 Å². The molecule has 6 heteroatoms. The molecule has 3 aromatic rings. The number of fused-ring (bicyclic) bond motifs is 1. The number of piperazine rings is 1. The Bertz CT molecular complexity index is 947. The van der Waals surface area contributed by atoms with Gasteiger partial charge in [0.2, 0.25) is 0 Å². The van der Waals surface area contributed by atoms with Crippen molar-refractivity contribution in [2.45, 2.75) is 13.3 Å². The van der Waals surface area contributed by atoms with Gasteiger partial charge in [-0.3, -0.25) is 4.79 Å². The summed E-state index contributed by atoms with van der Waals surface area (Å²) in [6.07, 6.45) is 0.995. The maximum absolute atomic E-state index is 12.7. The molecule has 2 aromatic carbocycles. The number of nitrogens with zero attached hydrogens (tertiary/aromatic N) is 3. The minimum atomic E-state index is 0.100. The number of hydrogen-bond donors (Lipinski definition) is 0. The number of rotatable bonds is 3. The van der Waals surface area contributed by atoms with Crippen molar-refractivity contribution in [1.29, 1.82) is 0 Å². The Morgan fingerprint density at radius 1 is 1.15 bits per heavy atom. The third-order valence-corrected chi connectivity index (χ3v) is 6.36. The van der Waals surface area contributed by atoms with Crippen LogP contribution < -0.4 is 4.90 Å². The highest BCUT2D eigenvalue weighted by Gasteiger charge is 2.24. The van der Waals surface area contributed by atoms with Gasteiger partial charge in [-0.05, 0) is 36.2 Å². The summed E-state index contributed by atoms with van der Waals surface area (Å²) in [5, 5.41) is 1.07. The predicted octanol–water partition coefficient (Wildman–Crippen LogP) is 4.58. The van der Waals surface area contributed by atoms with Gasteiger partial charge >= 0.3 is 0 Å². The van der Waals surface area contributed by atoms with Crippen molar-refractivity contribution < 1.29 is 4.79 Å². The van der Waals surface area contributed by atoms with E-state index in [2.05, 4.69) is 46.0 Å². The van der Waals surface area contributed by atoms with E-state index in [4.69, 9.17) is 4.98 Å². The number of anilines is 1. The van der Waals surface area contributed by atoms with Crippen molar-refractivity contribution in [3.63, 3.8) is 0 Å². The molecule has 1 aliphatic rings. The number of aryl methyl sites for hydroxylation is 1. The third-order valence-electron chi connectivity index (χ3n) is 4.78. The fourth-order valence-corrected chi connectivity index (χ4v) is 4.78. The number of benzene rings is 2. The lowest BCUT2D eigenvalue weighted by Crippen LogP contribution is -2.48. The largest absolute Gasteiger partial charge is 0.345 e. The smallest absolute Gasteiger partial charge is 0.254 e. The Labute approximate surface area is 165 Å². The molecule has 1 fully saturated rings. The molecule has 1 amide bonds. The predicted molar refractivity (Wildman–Crippen MR) is 111 cm³/mol. The fourth-order valence-electron chi connectivity index (χ4n) is 3.32. The molecule has 0 radical (unpaired) electrons. The highest BCUT2D eigenvalue weighted by molar-refractivity contribution is 9.10. The van der Waals surface area contributed by atoms with Crippen molar-refractivity contribution in [2.75, 3.05) is 31.1 Å². The second-order valence-corrected chi connectivity index (χ2v) is 8.33. The zero-order valence-corrected chi connectivity index (χ0v) is 17.0. The molecule has 1 saturated heterocycles. The van der Waals surface area contributed by atoms with E-state index in [1.165, 1.54) is 10.3 Å². The van der Waals surface area contributed by atoms with E-state index in [1.54, 1.807) is 11.3 Å². The SMILES string of the molecule is CCc1cccc2sc(N3CCN(C(=O)c4cccc(Br)c4)CC3)nc12. The lowest BCUT2D eigenvalue weighted by atomic mass is 10.1. The number of para-hydroxylation sites is 1. The molecule has 0 bridgehead atoms. The van der Waals surface area contributed by atoms with Crippen LogP contribution in [0.1, 0.15) is 22.8 Å². The summed E-state index contributed by atoms with van der Waals surface area (Å²) < 4.78 is 2.18. The molecular formula is C20H20BrN3OS. The molecule has 134 valence electrons. The van der Waals surface area contributed by atoms with Crippen LogP contribution in [0, 0.1) is 0 Å². The second-order valence-electron chi connectivity index (χ2n) is 6.40. The molecule has 0 atom stereocenters. The molecule has 0 spiro atoms. The Kier molecular flexibility index (Phi) is 4.96. The molecule has 1 aromatic heterocycles. The summed E-state index contributed by atoms with van der Waals surface area (Å²) in [6.45, 7) is 5.26. The van der Waals surface area contributed by atoms with Gasteiger partial charge in [0.05, 0.1) is 10.2 Å². The number of hydrogen-bond acceptors (Lipinski definition) is 4. The summed E-state index contributed by atoms with van der Waals surface area (Å²) in [5.74, 6) is 0.100. The van der Waals surface area contributed by atoms with E-state index in [9.17, 15) is 4.79 Å². The first-order valence-electron chi connectivity index (χ1n) is 8.84. The second kappa shape index (κ2) is 7.37. The molecule has 26 heavy (non-hydrogen) atoms. The molecule has 0 unspecified atom stereocenters. The van der Waals surface area contributed by atoms with Gasteiger partial charge in [0, 0.05) is 36.2 Å². The lowest BCUT2D eigenvalue weighted by Gasteiger charge is -2.34. The minimum Gasteiger partial charge on any atom is -0.345 e.